The molecule has 0 aromatic carbocycles. The van der Waals surface area contributed by atoms with Gasteiger partial charge in [-0.15, -0.1) is 24.0 Å². The van der Waals surface area contributed by atoms with E-state index in [1.165, 1.54) is 0 Å². The molecule has 0 spiro atoms. The van der Waals surface area contributed by atoms with Gasteiger partial charge >= 0.3 is 0 Å². The Morgan fingerprint density at radius 3 is 3.00 bits per heavy atom. The maximum atomic E-state index is 5.75. The van der Waals surface area contributed by atoms with E-state index in [2.05, 4.69) is 32.3 Å². The zero-order valence-electron chi connectivity index (χ0n) is 12.8. The van der Waals surface area contributed by atoms with E-state index >= 15 is 0 Å². The van der Waals surface area contributed by atoms with Crippen molar-refractivity contribution in [1.29, 1.82) is 0 Å². The minimum absolute atomic E-state index is 0. The molecule has 1 unspecified atom stereocenters. The minimum atomic E-state index is 0. The predicted octanol–water partition coefficient (Wildman–Crippen LogP) is 1.27. The molecule has 1 aromatic rings. The fraction of sp³-hybridized carbons (Fsp3) is 0.615. The molecule has 0 bridgehead atoms. The number of ether oxygens (including phenoxy) is 1. The van der Waals surface area contributed by atoms with Gasteiger partial charge in [0.2, 0.25) is 0 Å². The van der Waals surface area contributed by atoms with Crippen LogP contribution in [0.1, 0.15) is 18.1 Å². The highest BCUT2D eigenvalue weighted by atomic mass is 127. The quantitative estimate of drug-likeness (QED) is 0.410. The molecule has 1 aliphatic rings. The third kappa shape index (κ3) is 5.40. The number of aromatic nitrogens is 3. The highest BCUT2D eigenvalue weighted by Crippen LogP contribution is 2.13. The topological polar surface area (TPSA) is 76.4 Å². The van der Waals surface area contributed by atoms with Crippen LogP contribution in [0.2, 0.25) is 0 Å². The van der Waals surface area contributed by atoms with E-state index < -0.39 is 0 Å². The highest BCUT2D eigenvalue weighted by molar-refractivity contribution is 14.0. The smallest absolute Gasteiger partial charge is 0.191 e. The van der Waals surface area contributed by atoms with E-state index in [9.17, 15) is 0 Å². The Bertz CT molecular complexity index is 533. The van der Waals surface area contributed by atoms with Crippen LogP contribution < -0.4 is 10.6 Å². The summed E-state index contributed by atoms with van der Waals surface area (Å²) >= 11 is 5.75. The van der Waals surface area contributed by atoms with Gasteiger partial charge in [0.05, 0.1) is 13.1 Å². The number of fused-ring (bicyclic) bond motifs is 1. The summed E-state index contributed by atoms with van der Waals surface area (Å²) in [5.74, 6) is 2.45. The third-order valence-corrected chi connectivity index (χ3v) is 3.32. The maximum absolute atomic E-state index is 5.75. The first-order valence-corrected chi connectivity index (χ1v) is 7.22. The number of guanidine groups is 1. The fourth-order valence-electron chi connectivity index (χ4n) is 2.24. The zero-order valence-corrected chi connectivity index (χ0v) is 15.9. The molecule has 22 heavy (non-hydrogen) atoms. The summed E-state index contributed by atoms with van der Waals surface area (Å²) in [7, 11) is 3.37. The second kappa shape index (κ2) is 9.31. The largest absolute Gasteiger partial charge is 0.377 e. The molecule has 0 saturated carbocycles. The van der Waals surface area contributed by atoms with Gasteiger partial charge in [0, 0.05) is 31.7 Å². The Kier molecular flexibility index (Phi) is 8.12. The van der Waals surface area contributed by atoms with Crippen LogP contribution in [0.3, 0.4) is 0 Å². The average molecular weight is 441 g/mol. The van der Waals surface area contributed by atoms with E-state index in [4.69, 9.17) is 16.3 Å². The number of hydrogen-bond acceptors (Lipinski definition) is 4. The molecule has 7 nitrogen and oxygen atoms in total. The zero-order chi connectivity index (χ0) is 15.2. The first-order chi connectivity index (χ1) is 10.1. The molecule has 1 atom stereocenters. The summed E-state index contributed by atoms with van der Waals surface area (Å²) < 4.78 is 7.00. The number of nitrogens with zero attached hydrogens (tertiary/aromatic N) is 4. The molecule has 2 rings (SSSR count). The highest BCUT2D eigenvalue weighted by Gasteiger charge is 2.22. The van der Waals surface area contributed by atoms with E-state index in [1.807, 2.05) is 4.68 Å². The summed E-state index contributed by atoms with van der Waals surface area (Å²) in [6.07, 6.45) is 1.86. The average Bonchev–Trinajstić information content (AvgIpc) is 2.85. The van der Waals surface area contributed by atoms with Crippen LogP contribution in [0.5, 0.6) is 0 Å². The molecular formula is C13H22ClIN6O. The van der Waals surface area contributed by atoms with Crippen molar-refractivity contribution in [3.05, 3.63) is 23.3 Å². The first kappa shape index (κ1) is 19.2. The summed E-state index contributed by atoms with van der Waals surface area (Å²) in [4.78, 5) is 8.63. The van der Waals surface area contributed by atoms with Crippen LogP contribution in [0.4, 0.5) is 0 Å². The molecule has 0 amide bonds. The van der Waals surface area contributed by atoms with Crippen LogP contribution in [0, 0.1) is 0 Å². The molecule has 1 aliphatic heterocycles. The van der Waals surface area contributed by atoms with Crippen molar-refractivity contribution in [2.45, 2.75) is 32.0 Å². The first-order valence-electron chi connectivity index (χ1n) is 6.84. The van der Waals surface area contributed by atoms with Gasteiger partial charge in [0.25, 0.3) is 0 Å². The van der Waals surface area contributed by atoms with Crippen molar-refractivity contribution >= 4 is 41.5 Å². The predicted molar refractivity (Wildman–Crippen MR) is 97.7 cm³/mol. The molecule has 0 saturated heterocycles. The van der Waals surface area contributed by atoms with Crippen molar-refractivity contribution in [3.8, 4) is 0 Å². The van der Waals surface area contributed by atoms with Crippen molar-refractivity contribution in [3.63, 3.8) is 0 Å². The molecule has 2 N–H and O–H groups in total. The Labute approximate surface area is 152 Å². The van der Waals surface area contributed by atoms with Gasteiger partial charge < -0.3 is 15.4 Å². The standard InChI is InChI=1S/C13H21ClN6O.HI/c1-9(14)6-16-13(15-2)17-10-4-5-12-18-11(8-21-3)19-20(12)7-10;/h10H,1,4-8H2,2-3H3,(H2,15,16,17);1H. The number of nitrogens with one attached hydrogen (secondary N) is 2. The minimum Gasteiger partial charge on any atom is -0.377 e. The van der Waals surface area contributed by atoms with Crippen LogP contribution >= 0.6 is 35.6 Å². The Morgan fingerprint density at radius 2 is 2.36 bits per heavy atom. The lowest BCUT2D eigenvalue weighted by Crippen LogP contribution is -2.47. The molecule has 0 radical (unpaired) electrons. The second-order valence-electron chi connectivity index (χ2n) is 4.88. The van der Waals surface area contributed by atoms with Crippen molar-refractivity contribution in [1.82, 2.24) is 25.4 Å². The van der Waals surface area contributed by atoms with E-state index in [1.54, 1.807) is 14.2 Å². The van der Waals surface area contributed by atoms with Crippen LogP contribution in [-0.2, 0) is 24.3 Å². The number of aliphatic imine (C=N–C) groups is 1. The Balaban J connectivity index is 0.00000242. The van der Waals surface area contributed by atoms with E-state index in [-0.39, 0.29) is 30.0 Å². The fourth-order valence-corrected chi connectivity index (χ4v) is 2.30. The monoisotopic (exact) mass is 440 g/mol. The van der Waals surface area contributed by atoms with Crippen molar-refractivity contribution < 1.29 is 4.74 Å². The SMILES string of the molecule is C=C(Cl)CNC(=NC)NC1CCc2nc(COC)nn2C1.I. The Morgan fingerprint density at radius 1 is 1.59 bits per heavy atom. The van der Waals surface area contributed by atoms with Crippen molar-refractivity contribution in [2.75, 3.05) is 20.7 Å². The lowest BCUT2D eigenvalue weighted by Gasteiger charge is -2.25. The van der Waals surface area contributed by atoms with Gasteiger partial charge in [-0.2, -0.15) is 5.10 Å². The van der Waals surface area contributed by atoms with E-state index in [0.29, 0.717) is 24.1 Å². The maximum Gasteiger partial charge on any atom is 0.191 e. The lowest BCUT2D eigenvalue weighted by atomic mass is 10.1. The second-order valence-corrected chi connectivity index (χ2v) is 5.42. The number of aryl methyl sites for hydroxylation is 1. The van der Waals surface area contributed by atoms with Gasteiger partial charge in [-0.3, -0.25) is 4.99 Å². The number of halogens is 2. The van der Waals surface area contributed by atoms with Crippen LogP contribution in [0.25, 0.3) is 0 Å². The van der Waals surface area contributed by atoms with Crippen LogP contribution in [-0.4, -0.2) is 47.5 Å². The summed E-state index contributed by atoms with van der Waals surface area (Å²) in [5.41, 5.74) is 0. The molecule has 1 aromatic heterocycles. The number of methoxy groups -OCH3 is 1. The van der Waals surface area contributed by atoms with Gasteiger partial charge in [0.15, 0.2) is 11.8 Å². The molecule has 9 heteroatoms. The normalized spacial score (nSPS) is 17.4. The van der Waals surface area contributed by atoms with Crippen LogP contribution in [0.15, 0.2) is 16.6 Å². The van der Waals surface area contributed by atoms with Gasteiger partial charge in [-0.05, 0) is 6.42 Å². The van der Waals surface area contributed by atoms with Gasteiger partial charge in [-0.25, -0.2) is 9.67 Å². The molecule has 0 fully saturated rings. The molecular weight excluding hydrogens is 419 g/mol. The van der Waals surface area contributed by atoms with Crippen molar-refractivity contribution in [2.24, 2.45) is 4.99 Å². The summed E-state index contributed by atoms with van der Waals surface area (Å²) in [6.45, 7) is 5.33. The molecule has 124 valence electrons. The van der Waals surface area contributed by atoms with Gasteiger partial charge in [-0.1, -0.05) is 18.2 Å². The molecule has 0 aliphatic carbocycles. The molecule has 2 heterocycles. The number of hydrogen-bond donors (Lipinski definition) is 2. The summed E-state index contributed by atoms with van der Waals surface area (Å²) in [6, 6.07) is 0.254. The van der Waals surface area contributed by atoms with Gasteiger partial charge in [0.1, 0.15) is 12.4 Å². The third-order valence-electron chi connectivity index (χ3n) is 3.19. The Hall–Kier alpha value is -0.870. The summed E-state index contributed by atoms with van der Waals surface area (Å²) in [5, 5.41) is 11.5. The van der Waals surface area contributed by atoms with E-state index in [0.717, 1.165) is 31.0 Å². The number of rotatable bonds is 5. The lowest BCUT2D eigenvalue weighted by molar-refractivity contribution is 0.177.